The van der Waals surface area contributed by atoms with Crippen LogP contribution in [0.15, 0.2) is 45.9 Å². The zero-order valence-electron chi connectivity index (χ0n) is 9.84. The van der Waals surface area contributed by atoms with E-state index in [1.54, 1.807) is 6.07 Å². The number of nitriles is 1. The Balaban J connectivity index is 2.47. The highest BCUT2D eigenvalue weighted by Crippen LogP contribution is 2.26. The van der Waals surface area contributed by atoms with Crippen LogP contribution in [0.2, 0.25) is 5.15 Å². The van der Waals surface area contributed by atoms with Gasteiger partial charge in [0.15, 0.2) is 5.15 Å². The van der Waals surface area contributed by atoms with E-state index in [1.807, 2.05) is 6.07 Å². The molecule has 0 unspecified atom stereocenters. The van der Waals surface area contributed by atoms with Crippen molar-refractivity contribution in [2.75, 3.05) is 4.72 Å². The number of anilines is 1. The van der Waals surface area contributed by atoms with Gasteiger partial charge in [-0.2, -0.15) is 5.26 Å². The Hall–Kier alpha value is -1.62. The third-order valence-corrected chi connectivity index (χ3v) is 4.51. The monoisotopic (exact) mass is 371 g/mol. The molecular weight excluding hydrogens is 366 g/mol. The molecule has 5 nitrogen and oxygen atoms in total. The van der Waals surface area contributed by atoms with Gasteiger partial charge in [-0.1, -0.05) is 23.7 Å². The minimum atomic E-state index is -3.91. The molecule has 2 rings (SSSR count). The van der Waals surface area contributed by atoms with Gasteiger partial charge in [-0.25, -0.2) is 13.4 Å². The summed E-state index contributed by atoms with van der Waals surface area (Å²) in [4.78, 5) is 3.71. The molecule has 0 amide bonds. The molecule has 1 aromatic heterocycles. The Morgan fingerprint density at radius 1 is 1.35 bits per heavy atom. The zero-order valence-corrected chi connectivity index (χ0v) is 13.0. The summed E-state index contributed by atoms with van der Waals surface area (Å²) in [6.07, 6.45) is 1.45. The molecule has 0 aliphatic heterocycles. The molecular formula is C12H7BrClN3O2S. The molecule has 0 aliphatic rings. The fraction of sp³-hybridized carbons (Fsp3) is 0. The summed E-state index contributed by atoms with van der Waals surface area (Å²) in [5.74, 6) is 0. The molecule has 0 atom stereocenters. The standard InChI is InChI=1S/C12H7BrClN3O2S/c13-9-5-10(12(14)16-7-9)17-20(18,19)11-4-2-1-3-8(11)6-15/h1-5,7,17H. The van der Waals surface area contributed by atoms with Crippen molar-refractivity contribution in [1.29, 1.82) is 5.26 Å². The topological polar surface area (TPSA) is 82.8 Å². The van der Waals surface area contributed by atoms with Crippen LogP contribution < -0.4 is 4.72 Å². The van der Waals surface area contributed by atoms with Gasteiger partial charge in [0.2, 0.25) is 0 Å². The van der Waals surface area contributed by atoms with E-state index in [0.717, 1.165) is 0 Å². The largest absolute Gasteiger partial charge is 0.276 e. The molecule has 1 N–H and O–H groups in total. The zero-order chi connectivity index (χ0) is 14.8. The van der Waals surface area contributed by atoms with Gasteiger partial charge in [0.25, 0.3) is 10.0 Å². The lowest BCUT2D eigenvalue weighted by Gasteiger charge is -2.10. The van der Waals surface area contributed by atoms with Crippen LogP contribution in [0.4, 0.5) is 5.69 Å². The van der Waals surface area contributed by atoms with Gasteiger partial charge < -0.3 is 0 Å². The van der Waals surface area contributed by atoms with Crippen molar-refractivity contribution in [2.24, 2.45) is 0 Å². The van der Waals surface area contributed by atoms with Crippen LogP contribution in [0.3, 0.4) is 0 Å². The minimum absolute atomic E-state index is 0.0196. The van der Waals surface area contributed by atoms with Crippen molar-refractivity contribution in [1.82, 2.24) is 4.98 Å². The quantitative estimate of drug-likeness (QED) is 0.839. The Kier molecular flexibility index (Phi) is 4.28. The van der Waals surface area contributed by atoms with Crippen molar-refractivity contribution in [3.8, 4) is 6.07 Å². The van der Waals surface area contributed by atoms with E-state index in [0.29, 0.717) is 4.47 Å². The van der Waals surface area contributed by atoms with Gasteiger partial charge in [-0.05, 0) is 34.1 Å². The number of halogens is 2. The number of nitrogens with one attached hydrogen (secondary N) is 1. The van der Waals surface area contributed by atoms with Gasteiger partial charge in [0.1, 0.15) is 11.0 Å². The number of rotatable bonds is 3. The van der Waals surface area contributed by atoms with E-state index in [2.05, 4.69) is 25.6 Å². The van der Waals surface area contributed by atoms with Crippen LogP contribution in [-0.4, -0.2) is 13.4 Å². The predicted octanol–water partition coefficient (Wildman–Crippen LogP) is 3.17. The summed E-state index contributed by atoms with van der Waals surface area (Å²) in [7, 11) is -3.91. The van der Waals surface area contributed by atoms with Crippen molar-refractivity contribution in [2.45, 2.75) is 4.90 Å². The molecule has 1 heterocycles. The van der Waals surface area contributed by atoms with Gasteiger partial charge in [-0.15, -0.1) is 0 Å². The minimum Gasteiger partial charge on any atom is -0.276 e. The van der Waals surface area contributed by atoms with Crippen molar-refractivity contribution >= 4 is 43.2 Å². The Morgan fingerprint density at radius 3 is 2.75 bits per heavy atom. The lowest BCUT2D eigenvalue weighted by atomic mass is 10.2. The molecule has 0 fully saturated rings. The highest BCUT2D eigenvalue weighted by molar-refractivity contribution is 9.10. The fourth-order valence-corrected chi connectivity index (χ4v) is 3.24. The summed E-state index contributed by atoms with van der Waals surface area (Å²) in [5.41, 5.74) is 0.188. The number of sulfonamides is 1. The molecule has 102 valence electrons. The van der Waals surface area contributed by atoms with Crippen molar-refractivity contribution < 1.29 is 8.42 Å². The van der Waals surface area contributed by atoms with E-state index >= 15 is 0 Å². The second kappa shape index (κ2) is 5.79. The maximum Gasteiger partial charge on any atom is 0.263 e. The van der Waals surface area contributed by atoms with Crippen LogP contribution in [0.5, 0.6) is 0 Å². The van der Waals surface area contributed by atoms with Crippen molar-refractivity contribution in [3.05, 3.63) is 51.7 Å². The maximum atomic E-state index is 12.3. The Bertz CT molecular complexity index is 803. The predicted molar refractivity (Wildman–Crippen MR) is 78.9 cm³/mol. The second-order valence-corrected chi connectivity index (χ2v) is 6.63. The van der Waals surface area contributed by atoms with E-state index in [4.69, 9.17) is 16.9 Å². The first-order chi connectivity index (χ1) is 9.44. The number of pyridine rings is 1. The number of hydrogen-bond acceptors (Lipinski definition) is 4. The number of benzene rings is 1. The molecule has 0 aliphatic carbocycles. The third kappa shape index (κ3) is 3.10. The van der Waals surface area contributed by atoms with Gasteiger partial charge >= 0.3 is 0 Å². The molecule has 8 heteroatoms. The number of aromatic nitrogens is 1. The fourth-order valence-electron chi connectivity index (χ4n) is 1.49. The van der Waals surface area contributed by atoms with Crippen molar-refractivity contribution in [3.63, 3.8) is 0 Å². The first-order valence-corrected chi connectivity index (χ1v) is 7.92. The normalized spacial score (nSPS) is 10.8. The first-order valence-electron chi connectivity index (χ1n) is 5.27. The first kappa shape index (κ1) is 14.8. The van der Waals surface area contributed by atoms with Gasteiger partial charge in [-0.3, -0.25) is 4.72 Å². The van der Waals surface area contributed by atoms with Gasteiger partial charge in [0.05, 0.1) is 11.3 Å². The van der Waals surface area contributed by atoms with E-state index in [1.165, 1.54) is 30.5 Å². The SMILES string of the molecule is N#Cc1ccccc1S(=O)(=O)Nc1cc(Br)cnc1Cl. The molecule has 0 radical (unpaired) electrons. The summed E-state index contributed by atoms with van der Waals surface area (Å²) in [6, 6.07) is 9.22. The number of hydrogen-bond donors (Lipinski definition) is 1. The van der Waals surface area contributed by atoms with Crippen LogP contribution in [-0.2, 0) is 10.0 Å². The summed E-state index contributed by atoms with van der Waals surface area (Å²) in [6.45, 7) is 0. The van der Waals surface area contributed by atoms with Crippen LogP contribution in [0.1, 0.15) is 5.56 Å². The van der Waals surface area contributed by atoms with E-state index < -0.39 is 10.0 Å². The lowest BCUT2D eigenvalue weighted by molar-refractivity contribution is 0.601. The molecule has 0 saturated carbocycles. The average molecular weight is 373 g/mol. The Morgan fingerprint density at radius 2 is 2.05 bits per heavy atom. The van der Waals surface area contributed by atoms with Gasteiger partial charge in [0, 0.05) is 10.7 Å². The van der Waals surface area contributed by atoms with E-state index in [9.17, 15) is 8.42 Å². The smallest absolute Gasteiger partial charge is 0.263 e. The number of nitrogens with zero attached hydrogens (tertiary/aromatic N) is 2. The molecule has 20 heavy (non-hydrogen) atoms. The second-order valence-electron chi connectivity index (χ2n) is 3.71. The summed E-state index contributed by atoms with van der Waals surface area (Å²) >= 11 is 9.02. The van der Waals surface area contributed by atoms with Crippen LogP contribution >= 0.6 is 27.5 Å². The highest BCUT2D eigenvalue weighted by Gasteiger charge is 2.19. The van der Waals surface area contributed by atoms with E-state index in [-0.39, 0.29) is 21.3 Å². The molecule has 2 aromatic rings. The highest BCUT2D eigenvalue weighted by atomic mass is 79.9. The van der Waals surface area contributed by atoms with Crippen LogP contribution in [0.25, 0.3) is 0 Å². The third-order valence-electron chi connectivity index (χ3n) is 2.35. The lowest BCUT2D eigenvalue weighted by Crippen LogP contribution is -2.15. The molecule has 0 saturated heterocycles. The molecule has 0 spiro atoms. The maximum absolute atomic E-state index is 12.3. The van der Waals surface area contributed by atoms with Crippen LogP contribution in [0, 0.1) is 11.3 Å². The summed E-state index contributed by atoms with van der Waals surface area (Å²) in [5, 5.41) is 8.98. The average Bonchev–Trinajstić information content (AvgIpc) is 2.42. The molecule has 0 bridgehead atoms. The Labute approximate surface area is 129 Å². The molecule has 1 aromatic carbocycles. The summed E-state index contributed by atoms with van der Waals surface area (Å²) < 4.78 is 27.5.